The molecule has 0 aromatic heterocycles. The van der Waals surface area contributed by atoms with E-state index in [4.69, 9.17) is 4.74 Å². The maximum absolute atomic E-state index is 13.2. The van der Waals surface area contributed by atoms with Crippen molar-refractivity contribution in [2.75, 3.05) is 18.2 Å². The van der Waals surface area contributed by atoms with Crippen LogP contribution in [0.4, 0.5) is 5.69 Å². The van der Waals surface area contributed by atoms with Crippen molar-refractivity contribution in [2.45, 2.75) is 56.2 Å². The van der Waals surface area contributed by atoms with Crippen molar-refractivity contribution in [1.82, 2.24) is 5.32 Å². The highest BCUT2D eigenvalue weighted by Crippen LogP contribution is 2.44. The third kappa shape index (κ3) is 6.32. The second-order valence-electron chi connectivity index (χ2n) is 9.09. The molecule has 1 saturated heterocycles. The molecule has 1 aliphatic heterocycles. The van der Waals surface area contributed by atoms with Crippen molar-refractivity contribution < 1.29 is 14.3 Å². The fraction of sp³-hybridized carbons (Fsp3) is 0.481. The molecule has 1 heterocycles. The SMILES string of the molecule is COc1ccc(NC(=O)C(NC(=O)CC2SCCC2C2CCCCC2)c2ccccc2)cc1. The molecule has 2 aliphatic rings. The van der Waals surface area contributed by atoms with Crippen LogP contribution in [-0.2, 0) is 9.59 Å². The summed E-state index contributed by atoms with van der Waals surface area (Å²) in [7, 11) is 1.61. The summed E-state index contributed by atoms with van der Waals surface area (Å²) in [6.07, 6.45) is 8.31. The Bertz CT molecular complexity index is 913. The van der Waals surface area contributed by atoms with Crippen LogP contribution < -0.4 is 15.4 Å². The van der Waals surface area contributed by atoms with E-state index in [9.17, 15) is 9.59 Å². The lowest BCUT2D eigenvalue weighted by atomic mass is 9.77. The van der Waals surface area contributed by atoms with Gasteiger partial charge in [-0.15, -0.1) is 0 Å². The predicted octanol–water partition coefficient (Wildman–Crippen LogP) is 5.58. The van der Waals surface area contributed by atoms with Gasteiger partial charge < -0.3 is 15.4 Å². The highest BCUT2D eigenvalue weighted by molar-refractivity contribution is 8.00. The molecule has 0 spiro atoms. The van der Waals surface area contributed by atoms with E-state index in [0.29, 0.717) is 23.3 Å². The first-order chi connectivity index (χ1) is 16.1. The van der Waals surface area contributed by atoms with Gasteiger partial charge in [0.1, 0.15) is 11.8 Å². The van der Waals surface area contributed by atoms with Gasteiger partial charge >= 0.3 is 0 Å². The second kappa shape index (κ2) is 11.6. The number of anilines is 1. The molecule has 1 saturated carbocycles. The number of rotatable bonds is 8. The largest absolute Gasteiger partial charge is 0.497 e. The number of amides is 2. The Morgan fingerprint density at radius 3 is 2.42 bits per heavy atom. The lowest BCUT2D eigenvalue weighted by Gasteiger charge is -2.31. The summed E-state index contributed by atoms with van der Waals surface area (Å²) in [4.78, 5) is 26.3. The molecule has 3 atom stereocenters. The first kappa shape index (κ1) is 23.7. The van der Waals surface area contributed by atoms with Crippen LogP contribution in [0.1, 0.15) is 56.6 Å². The van der Waals surface area contributed by atoms with E-state index in [0.717, 1.165) is 23.0 Å². The summed E-state index contributed by atoms with van der Waals surface area (Å²) in [6, 6.07) is 15.9. The van der Waals surface area contributed by atoms with Crippen LogP contribution >= 0.6 is 11.8 Å². The third-order valence-corrected chi connectivity index (χ3v) is 8.38. The summed E-state index contributed by atoms with van der Waals surface area (Å²) in [6.45, 7) is 0. The lowest BCUT2D eigenvalue weighted by molar-refractivity contribution is -0.126. The Labute approximate surface area is 201 Å². The van der Waals surface area contributed by atoms with Gasteiger partial charge in [0.05, 0.1) is 7.11 Å². The van der Waals surface area contributed by atoms with Crippen LogP contribution in [0, 0.1) is 11.8 Å². The van der Waals surface area contributed by atoms with E-state index in [1.807, 2.05) is 42.1 Å². The van der Waals surface area contributed by atoms with Gasteiger partial charge in [-0.05, 0) is 53.8 Å². The van der Waals surface area contributed by atoms with Crippen molar-refractivity contribution in [1.29, 1.82) is 0 Å². The lowest BCUT2D eigenvalue weighted by Crippen LogP contribution is -2.39. The first-order valence-electron chi connectivity index (χ1n) is 12.0. The van der Waals surface area contributed by atoms with E-state index in [2.05, 4.69) is 10.6 Å². The van der Waals surface area contributed by atoms with Gasteiger partial charge in [0.15, 0.2) is 0 Å². The smallest absolute Gasteiger partial charge is 0.251 e. The van der Waals surface area contributed by atoms with E-state index >= 15 is 0 Å². The highest BCUT2D eigenvalue weighted by Gasteiger charge is 2.36. The molecule has 1 aliphatic carbocycles. The number of benzene rings is 2. The topological polar surface area (TPSA) is 67.4 Å². The van der Waals surface area contributed by atoms with Crippen LogP contribution in [-0.4, -0.2) is 29.9 Å². The van der Waals surface area contributed by atoms with Crippen molar-refractivity contribution in [2.24, 2.45) is 11.8 Å². The summed E-state index contributed by atoms with van der Waals surface area (Å²) >= 11 is 1.94. The molecule has 2 fully saturated rings. The Morgan fingerprint density at radius 1 is 1.00 bits per heavy atom. The highest BCUT2D eigenvalue weighted by atomic mass is 32.2. The van der Waals surface area contributed by atoms with Gasteiger partial charge in [-0.25, -0.2) is 0 Å². The molecular weight excluding hydrogens is 432 g/mol. The van der Waals surface area contributed by atoms with Gasteiger partial charge in [0.25, 0.3) is 5.91 Å². The average molecular weight is 467 g/mol. The number of carbonyl (C=O) groups is 2. The quantitative estimate of drug-likeness (QED) is 0.533. The van der Waals surface area contributed by atoms with Gasteiger partial charge in [-0.1, -0.05) is 62.4 Å². The zero-order valence-electron chi connectivity index (χ0n) is 19.3. The molecule has 5 nitrogen and oxygen atoms in total. The molecule has 2 aromatic rings. The monoisotopic (exact) mass is 466 g/mol. The molecule has 2 aromatic carbocycles. The van der Waals surface area contributed by atoms with Gasteiger partial charge in [0.2, 0.25) is 5.91 Å². The Hall–Kier alpha value is -2.47. The van der Waals surface area contributed by atoms with Crippen molar-refractivity contribution in [3.63, 3.8) is 0 Å². The summed E-state index contributed by atoms with van der Waals surface area (Å²) in [5.41, 5.74) is 1.44. The standard InChI is InChI=1S/C27H34N2O3S/c1-32-22-14-12-21(13-15-22)28-27(31)26(20-10-6-3-7-11-20)29-25(30)18-24-23(16-17-33-24)19-8-4-2-5-9-19/h3,6-7,10-15,19,23-24,26H,2,4-5,8-9,16-18H2,1H3,(H,28,31)(H,29,30). The maximum atomic E-state index is 13.2. The normalized spacial score (nSPS) is 21.8. The summed E-state index contributed by atoms with van der Waals surface area (Å²) in [5, 5.41) is 6.33. The van der Waals surface area contributed by atoms with Gasteiger partial charge in [-0.2, -0.15) is 11.8 Å². The maximum Gasteiger partial charge on any atom is 0.251 e. The number of hydrogen-bond donors (Lipinski definition) is 2. The minimum atomic E-state index is -0.736. The first-order valence-corrected chi connectivity index (χ1v) is 13.1. The molecule has 2 N–H and O–H groups in total. The number of ether oxygens (including phenoxy) is 1. The molecule has 2 amide bonds. The number of hydrogen-bond acceptors (Lipinski definition) is 4. The van der Waals surface area contributed by atoms with Crippen molar-refractivity contribution in [3.8, 4) is 5.75 Å². The van der Waals surface area contributed by atoms with Crippen LogP contribution in [0.2, 0.25) is 0 Å². The van der Waals surface area contributed by atoms with Crippen LogP contribution in [0.25, 0.3) is 0 Å². The summed E-state index contributed by atoms with van der Waals surface area (Å²) in [5.74, 6) is 2.96. The predicted molar refractivity (Wildman–Crippen MR) is 134 cm³/mol. The molecule has 6 heteroatoms. The molecule has 4 rings (SSSR count). The van der Waals surface area contributed by atoms with Crippen LogP contribution in [0.15, 0.2) is 54.6 Å². The molecule has 0 radical (unpaired) electrons. The van der Waals surface area contributed by atoms with Crippen molar-refractivity contribution >= 4 is 29.3 Å². The van der Waals surface area contributed by atoms with Gasteiger partial charge in [0, 0.05) is 17.4 Å². The van der Waals surface area contributed by atoms with Crippen molar-refractivity contribution in [3.05, 3.63) is 60.2 Å². The minimum absolute atomic E-state index is 0.0473. The van der Waals surface area contributed by atoms with Crippen LogP contribution in [0.3, 0.4) is 0 Å². The Balaban J connectivity index is 1.42. The minimum Gasteiger partial charge on any atom is -0.497 e. The fourth-order valence-electron chi connectivity index (χ4n) is 5.21. The number of nitrogens with one attached hydrogen (secondary N) is 2. The fourth-order valence-corrected chi connectivity index (χ4v) is 6.80. The van der Waals surface area contributed by atoms with E-state index in [-0.39, 0.29) is 11.8 Å². The second-order valence-corrected chi connectivity index (χ2v) is 10.4. The summed E-state index contributed by atoms with van der Waals surface area (Å²) < 4.78 is 5.19. The number of thioether (sulfide) groups is 1. The number of methoxy groups -OCH3 is 1. The Kier molecular flexibility index (Phi) is 8.32. The van der Waals surface area contributed by atoms with E-state index < -0.39 is 6.04 Å². The van der Waals surface area contributed by atoms with Gasteiger partial charge in [-0.3, -0.25) is 9.59 Å². The number of carbonyl (C=O) groups excluding carboxylic acids is 2. The van der Waals surface area contributed by atoms with E-state index in [1.165, 1.54) is 38.5 Å². The molecule has 33 heavy (non-hydrogen) atoms. The zero-order valence-corrected chi connectivity index (χ0v) is 20.1. The molecule has 3 unspecified atom stereocenters. The molecular formula is C27H34N2O3S. The third-order valence-electron chi connectivity index (χ3n) is 6.96. The van der Waals surface area contributed by atoms with E-state index in [1.54, 1.807) is 31.4 Å². The average Bonchev–Trinajstić information content (AvgIpc) is 3.32. The molecule has 176 valence electrons. The molecule has 0 bridgehead atoms. The zero-order chi connectivity index (χ0) is 23.0. The Morgan fingerprint density at radius 2 is 1.73 bits per heavy atom. The van der Waals surface area contributed by atoms with Crippen LogP contribution in [0.5, 0.6) is 5.75 Å².